The summed E-state index contributed by atoms with van der Waals surface area (Å²) in [4.78, 5) is 23.7. The molecule has 1 aliphatic rings. The molecule has 3 amide bonds. The average molecular weight is 289 g/mol. The summed E-state index contributed by atoms with van der Waals surface area (Å²) in [5.41, 5.74) is 1.21. The summed E-state index contributed by atoms with van der Waals surface area (Å²) in [5.74, 6) is -0.0792. The van der Waals surface area contributed by atoms with Gasteiger partial charge in [0.25, 0.3) is 5.91 Å². The summed E-state index contributed by atoms with van der Waals surface area (Å²) < 4.78 is 0. The van der Waals surface area contributed by atoms with Crippen LogP contribution in [-0.2, 0) is 0 Å². The Balaban J connectivity index is 1.82. The van der Waals surface area contributed by atoms with Crippen molar-refractivity contribution in [2.24, 2.45) is 0 Å². The maximum absolute atomic E-state index is 11.9. The number of nitrogens with one attached hydrogen (secondary N) is 3. The predicted octanol–water partition coefficient (Wildman–Crippen LogP) is 2.89. The second-order valence-electron chi connectivity index (χ2n) is 5.42. The minimum atomic E-state index is -0.231. The Hall–Kier alpha value is -2.04. The number of carbonyl (C=O) groups is 2. The van der Waals surface area contributed by atoms with Crippen molar-refractivity contribution in [3.05, 3.63) is 29.8 Å². The first-order valence-corrected chi connectivity index (χ1v) is 7.65. The van der Waals surface area contributed by atoms with E-state index in [2.05, 4.69) is 22.9 Å². The minimum Gasteiger partial charge on any atom is -0.349 e. The molecule has 1 saturated carbocycles. The van der Waals surface area contributed by atoms with E-state index in [0.717, 1.165) is 32.1 Å². The number of amides is 3. The van der Waals surface area contributed by atoms with E-state index in [-0.39, 0.29) is 11.9 Å². The van der Waals surface area contributed by atoms with Crippen LogP contribution in [-0.4, -0.2) is 24.5 Å². The summed E-state index contributed by atoms with van der Waals surface area (Å²) >= 11 is 0. The van der Waals surface area contributed by atoms with Gasteiger partial charge < -0.3 is 16.0 Å². The molecule has 0 aliphatic heterocycles. The molecule has 2 rings (SSSR count). The van der Waals surface area contributed by atoms with Crippen molar-refractivity contribution in [3.63, 3.8) is 0 Å². The van der Waals surface area contributed by atoms with Gasteiger partial charge in [0.05, 0.1) is 0 Å². The molecule has 0 spiro atoms. The number of carbonyl (C=O) groups excluding carboxylic acids is 2. The molecule has 5 nitrogen and oxygen atoms in total. The Morgan fingerprint density at radius 2 is 2.05 bits per heavy atom. The summed E-state index contributed by atoms with van der Waals surface area (Å²) in [6.07, 6.45) is 5.33. The fourth-order valence-corrected chi connectivity index (χ4v) is 1.99. The van der Waals surface area contributed by atoms with Crippen molar-refractivity contribution >= 4 is 17.6 Å². The van der Waals surface area contributed by atoms with Gasteiger partial charge in [-0.2, -0.15) is 0 Å². The van der Waals surface area contributed by atoms with Crippen molar-refractivity contribution in [1.82, 2.24) is 10.6 Å². The number of rotatable bonds is 7. The molecule has 0 saturated heterocycles. The van der Waals surface area contributed by atoms with Crippen LogP contribution in [0.4, 0.5) is 10.5 Å². The zero-order valence-corrected chi connectivity index (χ0v) is 12.4. The van der Waals surface area contributed by atoms with Crippen LogP contribution in [0.1, 0.15) is 49.4 Å². The zero-order valence-electron chi connectivity index (χ0n) is 12.4. The van der Waals surface area contributed by atoms with Gasteiger partial charge in [-0.3, -0.25) is 4.79 Å². The first-order valence-electron chi connectivity index (χ1n) is 7.65. The Labute approximate surface area is 125 Å². The topological polar surface area (TPSA) is 70.2 Å². The van der Waals surface area contributed by atoms with Gasteiger partial charge in [-0.05, 0) is 37.5 Å². The molecule has 0 heterocycles. The van der Waals surface area contributed by atoms with Crippen LogP contribution >= 0.6 is 0 Å². The Morgan fingerprint density at radius 3 is 2.76 bits per heavy atom. The lowest BCUT2D eigenvalue weighted by Crippen LogP contribution is -2.30. The van der Waals surface area contributed by atoms with E-state index in [0.29, 0.717) is 23.8 Å². The van der Waals surface area contributed by atoms with Crippen LogP contribution in [0.5, 0.6) is 0 Å². The van der Waals surface area contributed by atoms with Gasteiger partial charge in [-0.25, -0.2) is 4.79 Å². The van der Waals surface area contributed by atoms with Gasteiger partial charge >= 0.3 is 6.03 Å². The van der Waals surface area contributed by atoms with Gasteiger partial charge in [0.1, 0.15) is 0 Å². The number of anilines is 1. The van der Waals surface area contributed by atoms with Crippen molar-refractivity contribution in [3.8, 4) is 0 Å². The summed E-state index contributed by atoms with van der Waals surface area (Å²) in [6.45, 7) is 2.79. The fourth-order valence-electron chi connectivity index (χ4n) is 1.99. The fraction of sp³-hybridized carbons (Fsp3) is 0.500. The average Bonchev–Trinajstić information content (AvgIpc) is 3.28. The first-order chi connectivity index (χ1) is 10.2. The van der Waals surface area contributed by atoms with E-state index in [9.17, 15) is 9.59 Å². The van der Waals surface area contributed by atoms with Crippen LogP contribution in [0.3, 0.4) is 0 Å². The summed E-state index contributed by atoms with van der Waals surface area (Å²) in [6, 6.07) is 7.10. The van der Waals surface area contributed by atoms with Crippen LogP contribution in [0.2, 0.25) is 0 Å². The van der Waals surface area contributed by atoms with Crippen LogP contribution in [0.15, 0.2) is 24.3 Å². The smallest absolute Gasteiger partial charge is 0.319 e. The SMILES string of the molecule is CCCCCNC(=O)Nc1cccc(C(=O)NC2CC2)c1. The molecule has 5 heteroatoms. The van der Waals surface area contributed by atoms with Crippen LogP contribution < -0.4 is 16.0 Å². The molecule has 1 aromatic rings. The van der Waals surface area contributed by atoms with Gasteiger partial charge in [0, 0.05) is 23.8 Å². The number of hydrogen-bond acceptors (Lipinski definition) is 2. The van der Waals surface area contributed by atoms with Crippen molar-refractivity contribution in [2.75, 3.05) is 11.9 Å². The normalized spacial score (nSPS) is 13.6. The standard InChI is InChI=1S/C16H23N3O2/c1-2-3-4-10-17-16(21)19-14-7-5-6-12(11-14)15(20)18-13-8-9-13/h5-7,11,13H,2-4,8-10H2,1H3,(H,18,20)(H2,17,19,21). The van der Waals surface area contributed by atoms with E-state index >= 15 is 0 Å². The maximum Gasteiger partial charge on any atom is 0.319 e. The van der Waals surface area contributed by atoms with E-state index in [1.165, 1.54) is 0 Å². The number of benzene rings is 1. The third-order valence-corrected chi connectivity index (χ3v) is 3.36. The number of urea groups is 1. The van der Waals surface area contributed by atoms with E-state index in [4.69, 9.17) is 0 Å². The van der Waals surface area contributed by atoms with Crippen molar-refractivity contribution in [2.45, 2.75) is 45.1 Å². The van der Waals surface area contributed by atoms with Gasteiger partial charge in [0.2, 0.25) is 0 Å². The summed E-state index contributed by atoms with van der Waals surface area (Å²) in [7, 11) is 0. The van der Waals surface area contributed by atoms with Crippen molar-refractivity contribution < 1.29 is 9.59 Å². The molecule has 0 unspecified atom stereocenters. The lowest BCUT2D eigenvalue weighted by atomic mass is 10.2. The molecule has 3 N–H and O–H groups in total. The monoisotopic (exact) mass is 289 g/mol. The van der Waals surface area contributed by atoms with Gasteiger partial charge in [-0.15, -0.1) is 0 Å². The van der Waals surface area contributed by atoms with Crippen molar-refractivity contribution in [1.29, 1.82) is 0 Å². The third-order valence-electron chi connectivity index (χ3n) is 3.36. The highest BCUT2D eigenvalue weighted by Gasteiger charge is 2.23. The molecule has 114 valence electrons. The third kappa shape index (κ3) is 5.45. The second kappa shape index (κ2) is 7.67. The summed E-state index contributed by atoms with van der Waals surface area (Å²) in [5, 5.41) is 8.49. The first kappa shape index (κ1) is 15.4. The van der Waals surface area contributed by atoms with Crippen LogP contribution in [0, 0.1) is 0 Å². The van der Waals surface area contributed by atoms with E-state index < -0.39 is 0 Å². The molecule has 1 fully saturated rings. The molecule has 1 aromatic carbocycles. The number of hydrogen-bond donors (Lipinski definition) is 3. The van der Waals surface area contributed by atoms with E-state index in [1.54, 1.807) is 24.3 Å². The Kier molecular flexibility index (Phi) is 5.60. The number of unbranched alkanes of at least 4 members (excludes halogenated alkanes) is 2. The molecule has 0 atom stereocenters. The highest BCUT2D eigenvalue weighted by atomic mass is 16.2. The lowest BCUT2D eigenvalue weighted by molar-refractivity contribution is 0.0951. The minimum absolute atomic E-state index is 0.0792. The molecule has 21 heavy (non-hydrogen) atoms. The quantitative estimate of drug-likeness (QED) is 0.675. The molecule has 0 bridgehead atoms. The van der Waals surface area contributed by atoms with Gasteiger partial charge in [0.15, 0.2) is 0 Å². The lowest BCUT2D eigenvalue weighted by Gasteiger charge is -2.09. The highest BCUT2D eigenvalue weighted by molar-refractivity contribution is 5.97. The Bertz CT molecular complexity index is 498. The largest absolute Gasteiger partial charge is 0.349 e. The molecular formula is C16H23N3O2. The molecule has 1 aliphatic carbocycles. The molecular weight excluding hydrogens is 266 g/mol. The second-order valence-corrected chi connectivity index (χ2v) is 5.42. The Morgan fingerprint density at radius 1 is 1.24 bits per heavy atom. The highest BCUT2D eigenvalue weighted by Crippen LogP contribution is 2.20. The maximum atomic E-state index is 11.9. The molecule has 0 aromatic heterocycles. The van der Waals surface area contributed by atoms with Gasteiger partial charge in [-0.1, -0.05) is 25.8 Å². The zero-order chi connectivity index (χ0) is 15.1. The van der Waals surface area contributed by atoms with Crippen LogP contribution in [0.25, 0.3) is 0 Å². The predicted molar refractivity (Wildman–Crippen MR) is 83.5 cm³/mol. The van der Waals surface area contributed by atoms with E-state index in [1.807, 2.05) is 0 Å². The molecule has 0 radical (unpaired) electrons.